The van der Waals surface area contributed by atoms with E-state index < -0.39 is 0 Å². The normalized spacial score (nSPS) is 11.7. The SMILES string of the molecule is Cc1ccc(C=Cc2ccc(N(c3ccc(C)cc3)c3ccc(-c4c5ccccc5c(-c5c6ccccc6c(N(c6ccc(C)cc6)c6ccc(C=Cc7ccc(C)cc7)cc6)c6ccccc56)c5ccccc45)c4ccccc34)cc2)cc1. The Kier molecular flexibility index (Phi) is 13.6. The van der Waals surface area contributed by atoms with Crippen LogP contribution in [0.5, 0.6) is 0 Å². The molecular formula is C82H62N2. The van der Waals surface area contributed by atoms with Crippen LogP contribution in [0.15, 0.2) is 279 Å². The predicted molar refractivity (Wildman–Crippen MR) is 364 cm³/mol. The first-order valence-corrected chi connectivity index (χ1v) is 29.1. The lowest BCUT2D eigenvalue weighted by molar-refractivity contribution is 1.29. The third-order valence-corrected chi connectivity index (χ3v) is 16.7. The highest BCUT2D eigenvalue weighted by Gasteiger charge is 2.26. The molecule has 2 heteroatoms. The maximum absolute atomic E-state index is 2.47. The predicted octanol–water partition coefficient (Wildman–Crippen LogP) is 23.3. The molecule has 14 aromatic carbocycles. The molecule has 400 valence electrons. The van der Waals surface area contributed by atoms with E-state index in [2.05, 4.69) is 341 Å². The number of aryl methyl sites for hydroxylation is 4. The van der Waals surface area contributed by atoms with E-state index in [1.165, 1.54) is 109 Å². The second kappa shape index (κ2) is 22.1. The quantitative estimate of drug-likeness (QED) is 0.0889. The highest BCUT2D eigenvalue weighted by Crippen LogP contribution is 2.53. The molecule has 0 aromatic heterocycles. The molecule has 0 radical (unpaired) electrons. The fraction of sp³-hybridized carbons (Fsp3) is 0.0488. The molecule has 0 heterocycles. The molecule has 14 aromatic rings. The van der Waals surface area contributed by atoms with E-state index in [0.717, 1.165) is 45.3 Å². The second-order valence-electron chi connectivity index (χ2n) is 22.3. The van der Waals surface area contributed by atoms with Crippen LogP contribution < -0.4 is 9.80 Å². The molecule has 0 unspecified atom stereocenters. The summed E-state index contributed by atoms with van der Waals surface area (Å²) in [7, 11) is 0. The third-order valence-electron chi connectivity index (χ3n) is 16.7. The molecule has 0 saturated heterocycles. The number of hydrogen-bond donors (Lipinski definition) is 0. The topological polar surface area (TPSA) is 6.48 Å². The smallest absolute Gasteiger partial charge is 0.0618 e. The van der Waals surface area contributed by atoms with Gasteiger partial charge in [-0.15, -0.1) is 0 Å². The second-order valence-corrected chi connectivity index (χ2v) is 22.3. The Hall–Kier alpha value is -10.5. The van der Waals surface area contributed by atoms with E-state index in [1.807, 2.05) is 0 Å². The van der Waals surface area contributed by atoms with Crippen LogP contribution in [0, 0.1) is 27.7 Å². The first-order chi connectivity index (χ1) is 41.3. The molecule has 0 aliphatic heterocycles. The zero-order valence-corrected chi connectivity index (χ0v) is 47.8. The molecule has 0 amide bonds. The molecule has 14 rings (SSSR count). The van der Waals surface area contributed by atoms with Gasteiger partial charge in [0.15, 0.2) is 0 Å². The van der Waals surface area contributed by atoms with Crippen molar-refractivity contribution in [2.45, 2.75) is 27.7 Å². The molecule has 84 heavy (non-hydrogen) atoms. The van der Waals surface area contributed by atoms with E-state index in [4.69, 9.17) is 0 Å². The van der Waals surface area contributed by atoms with Gasteiger partial charge >= 0.3 is 0 Å². The van der Waals surface area contributed by atoms with Crippen LogP contribution in [0.3, 0.4) is 0 Å². The van der Waals surface area contributed by atoms with Gasteiger partial charge in [-0.2, -0.15) is 0 Å². The Bertz CT molecular complexity index is 4700. The third kappa shape index (κ3) is 9.68. The van der Waals surface area contributed by atoms with Gasteiger partial charge in [-0.3, -0.25) is 0 Å². The van der Waals surface area contributed by atoms with Gasteiger partial charge in [0.1, 0.15) is 0 Å². The van der Waals surface area contributed by atoms with E-state index in [0.29, 0.717) is 0 Å². The minimum absolute atomic E-state index is 1.09. The standard InChI is InChI=1S/C82H62N2/c1-55-25-33-59(34-26-55)37-39-61-41-49-64(50-42-61)83(63-45-29-57(3)30-46-63)78-54-53-75(67-15-5-6-16-68(67)78)79-69-17-7-9-19-71(69)80(72-20-10-8-18-70(72)79)81-73-21-11-13-23-76(73)82(77-24-14-12-22-74(77)81)84(65-47-31-58(4)32-48-65)66-51-43-62(44-52-66)40-38-60-35-27-56(2)28-36-60/h5-54H,1-4H3. The number of rotatable bonds is 12. The van der Waals surface area contributed by atoms with Crippen molar-refractivity contribution in [1.82, 2.24) is 0 Å². The zero-order chi connectivity index (χ0) is 56.7. The summed E-state index contributed by atoms with van der Waals surface area (Å²) in [5, 5.41) is 12.0. The Morgan fingerprint density at radius 2 is 0.476 bits per heavy atom. The summed E-state index contributed by atoms with van der Waals surface area (Å²) in [5.41, 5.74) is 21.2. The van der Waals surface area contributed by atoms with Gasteiger partial charge in [0.05, 0.1) is 11.4 Å². The van der Waals surface area contributed by atoms with Crippen molar-refractivity contribution in [3.63, 3.8) is 0 Å². The summed E-state index contributed by atoms with van der Waals surface area (Å²) in [6.07, 6.45) is 8.78. The fourth-order valence-corrected chi connectivity index (χ4v) is 12.4. The van der Waals surface area contributed by atoms with Gasteiger partial charge < -0.3 is 9.80 Å². The molecule has 2 nitrogen and oxygen atoms in total. The monoisotopic (exact) mass is 1070 g/mol. The summed E-state index contributed by atoms with van der Waals surface area (Å²) in [4.78, 5) is 4.88. The van der Waals surface area contributed by atoms with Gasteiger partial charge in [0.25, 0.3) is 0 Å². The minimum atomic E-state index is 1.09. The van der Waals surface area contributed by atoms with Gasteiger partial charge in [0.2, 0.25) is 0 Å². The first-order valence-electron chi connectivity index (χ1n) is 29.1. The van der Waals surface area contributed by atoms with E-state index in [9.17, 15) is 0 Å². The molecule has 0 bridgehead atoms. The average Bonchev–Trinajstić information content (AvgIpc) is 1.02. The molecule has 0 fully saturated rings. The van der Waals surface area contributed by atoms with Crippen molar-refractivity contribution in [3.8, 4) is 22.3 Å². The maximum atomic E-state index is 2.47. The lowest BCUT2D eigenvalue weighted by atomic mass is 9.81. The van der Waals surface area contributed by atoms with Crippen LogP contribution >= 0.6 is 0 Å². The highest BCUT2D eigenvalue weighted by atomic mass is 15.1. The lowest BCUT2D eigenvalue weighted by Crippen LogP contribution is -2.11. The van der Waals surface area contributed by atoms with Crippen molar-refractivity contribution in [1.29, 1.82) is 0 Å². The Labute approximate surface area is 492 Å². The van der Waals surface area contributed by atoms with Crippen LogP contribution in [0.1, 0.15) is 44.5 Å². The summed E-state index contributed by atoms with van der Waals surface area (Å²) < 4.78 is 0. The molecular weight excluding hydrogens is 1010 g/mol. The van der Waals surface area contributed by atoms with Crippen molar-refractivity contribution in [3.05, 3.63) is 324 Å². The van der Waals surface area contributed by atoms with Crippen molar-refractivity contribution in [2.24, 2.45) is 0 Å². The molecule has 0 atom stereocenters. The van der Waals surface area contributed by atoms with Crippen molar-refractivity contribution in [2.75, 3.05) is 9.80 Å². The number of fused-ring (bicyclic) bond motifs is 5. The molecule has 0 aliphatic rings. The van der Waals surface area contributed by atoms with E-state index >= 15 is 0 Å². The molecule has 0 spiro atoms. The Morgan fingerprint density at radius 3 is 0.845 bits per heavy atom. The van der Waals surface area contributed by atoms with E-state index in [1.54, 1.807) is 0 Å². The summed E-state index contributed by atoms with van der Waals surface area (Å²) in [5.74, 6) is 0. The van der Waals surface area contributed by atoms with Crippen LogP contribution in [-0.4, -0.2) is 0 Å². The average molecular weight is 1080 g/mol. The van der Waals surface area contributed by atoms with E-state index in [-0.39, 0.29) is 0 Å². The van der Waals surface area contributed by atoms with Crippen LogP contribution in [0.4, 0.5) is 34.1 Å². The number of hydrogen-bond acceptors (Lipinski definition) is 2. The molecule has 0 aliphatic carbocycles. The summed E-state index contributed by atoms with van der Waals surface area (Å²) >= 11 is 0. The largest absolute Gasteiger partial charge is 0.310 e. The number of nitrogens with zero attached hydrogens (tertiary/aromatic N) is 2. The van der Waals surface area contributed by atoms with Gasteiger partial charge in [-0.25, -0.2) is 0 Å². The van der Waals surface area contributed by atoms with Crippen molar-refractivity contribution >= 4 is 112 Å². The number of benzene rings is 14. The minimum Gasteiger partial charge on any atom is -0.310 e. The number of anilines is 6. The summed E-state index contributed by atoms with van der Waals surface area (Å²) in [6, 6.07) is 103. The molecule has 0 N–H and O–H groups in total. The van der Waals surface area contributed by atoms with Gasteiger partial charge in [-0.05, 0) is 165 Å². The van der Waals surface area contributed by atoms with Gasteiger partial charge in [0, 0.05) is 38.9 Å². The lowest BCUT2D eigenvalue weighted by Gasteiger charge is -2.30. The van der Waals surface area contributed by atoms with Crippen LogP contribution in [0.25, 0.3) is 100 Å². The summed E-state index contributed by atoms with van der Waals surface area (Å²) in [6.45, 7) is 8.57. The molecule has 0 saturated carbocycles. The maximum Gasteiger partial charge on any atom is 0.0618 e. The van der Waals surface area contributed by atoms with Gasteiger partial charge in [-0.1, -0.05) is 271 Å². The Morgan fingerprint density at radius 1 is 0.214 bits per heavy atom. The van der Waals surface area contributed by atoms with Crippen LogP contribution in [-0.2, 0) is 0 Å². The van der Waals surface area contributed by atoms with Crippen LogP contribution in [0.2, 0.25) is 0 Å². The highest BCUT2D eigenvalue weighted by molar-refractivity contribution is 6.31. The first kappa shape index (κ1) is 51.6. The fourth-order valence-electron chi connectivity index (χ4n) is 12.4. The Balaban J connectivity index is 0.942. The van der Waals surface area contributed by atoms with Crippen molar-refractivity contribution < 1.29 is 0 Å². The zero-order valence-electron chi connectivity index (χ0n) is 47.8.